The Kier molecular flexibility index (Phi) is 7.61. The number of ether oxygens (including phenoxy) is 2. The Labute approximate surface area is 249 Å². The Balaban J connectivity index is 1.49. The first-order valence-corrected chi connectivity index (χ1v) is 15.4. The molecule has 2 heterocycles. The van der Waals surface area contributed by atoms with Crippen molar-refractivity contribution >= 4 is 26.7 Å². The summed E-state index contributed by atoms with van der Waals surface area (Å²) in [6, 6.07) is 29.5. The van der Waals surface area contributed by atoms with E-state index in [0.717, 1.165) is 11.1 Å². The van der Waals surface area contributed by atoms with Gasteiger partial charge < -0.3 is 13.9 Å². The number of aryl methyl sites for hydroxylation is 1. The van der Waals surface area contributed by atoms with Gasteiger partial charge in [0.25, 0.3) is 0 Å². The van der Waals surface area contributed by atoms with E-state index < -0.39 is 15.5 Å². The van der Waals surface area contributed by atoms with E-state index in [2.05, 4.69) is 6.07 Å². The van der Waals surface area contributed by atoms with Crippen LogP contribution < -0.4 is 19.2 Å². The highest BCUT2D eigenvalue weighted by molar-refractivity contribution is 7.93. The average molecular weight is 593 g/mol. The minimum Gasteiger partial charge on any atom is -0.488 e. The van der Waals surface area contributed by atoms with Gasteiger partial charge in [0.15, 0.2) is 11.3 Å². The van der Waals surface area contributed by atoms with Crippen molar-refractivity contribution in [3.63, 3.8) is 0 Å². The zero-order valence-electron chi connectivity index (χ0n) is 23.4. The minimum atomic E-state index is -3.56. The SMILES string of the molecule is Cc1cc(N2CCCS2(=O)=O)c2oc(-c3ccc(OCc4ccccc4)c(C#N)c3)c(OCc3ccccc3)c(=O)c2c1. The van der Waals surface area contributed by atoms with Crippen LogP contribution in [0.4, 0.5) is 5.69 Å². The van der Waals surface area contributed by atoms with E-state index in [9.17, 15) is 18.5 Å². The zero-order valence-corrected chi connectivity index (χ0v) is 24.3. The van der Waals surface area contributed by atoms with Crippen molar-refractivity contribution in [2.24, 2.45) is 0 Å². The maximum Gasteiger partial charge on any atom is 0.235 e. The zero-order chi connectivity index (χ0) is 30.0. The molecule has 8 nitrogen and oxygen atoms in total. The third kappa shape index (κ3) is 5.70. The number of hydrogen-bond acceptors (Lipinski definition) is 7. The molecule has 0 atom stereocenters. The Morgan fingerprint density at radius 3 is 2.21 bits per heavy atom. The Morgan fingerprint density at radius 1 is 0.907 bits per heavy atom. The number of fused-ring (bicyclic) bond motifs is 1. The molecular weight excluding hydrogens is 564 g/mol. The normalized spacial score (nSPS) is 14.0. The molecule has 5 aromatic rings. The van der Waals surface area contributed by atoms with Gasteiger partial charge in [-0.1, -0.05) is 60.7 Å². The molecule has 0 unspecified atom stereocenters. The molecule has 1 fully saturated rings. The topological polar surface area (TPSA) is 110 Å². The van der Waals surface area contributed by atoms with Crippen LogP contribution in [0.15, 0.2) is 100 Å². The third-order valence-electron chi connectivity index (χ3n) is 7.27. The molecule has 216 valence electrons. The number of sulfonamides is 1. The van der Waals surface area contributed by atoms with Gasteiger partial charge in [0, 0.05) is 12.1 Å². The summed E-state index contributed by atoms with van der Waals surface area (Å²) in [7, 11) is -3.56. The largest absolute Gasteiger partial charge is 0.488 e. The molecule has 0 radical (unpaired) electrons. The van der Waals surface area contributed by atoms with E-state index in [1.807, 2.05) is 60.7 Å². The van der Waals surface area contributed by atoms with Crippen molar-refractivity contribution in [1.29, 1.82) is 5.26 Å². The molecule has 1 saturated heterocycles. The summed E-state index contributed by atoms with van der Waals surface area (Å²) in [5.41, 5.74) is 3.20. The highest BCUT2D eigenvalue weighted by Crippen LogP contribution is 2.39. The van der Waals surface area contributed by atoms with Crippen LogP contribution in [-0.2, 0) is 23.2 Å². The fourth-order valence-corrected chi connectivity index (χ4v) is 6.73. The Hall–Kier alpha value is -5.07. The molecule has 1 aliphatic rings. The molecule has 1 aliphatic heterocycles. The van der Waals surface area contributed by atoms with Gasteiger partial charge in [-0.3, -0.25) is 9.10 Å². The van der Waals surface area contributed by atoms with Crippen LogP contribution in [0.25, 0.3) is 22.3 Å². The summed E-state index contributed by atoms with van der Waals surface area (Å²) in [6.45, 7) is 2.47. The molecule has 9 heteroatoms. The molecule has 4 aromatic carbocycles. The van der Waals surface area contributed by atoms with Crippen LogP contribution in [0, 0.1) is 18.3 Å². The van der Waals surface area contributed by atoms with Crippen molar-refractivity contribution in [3.8, 4) is 28.9 Å². The number of benzene rings is 4. The predicted octanol–water partition coefficient (Wildman–Crippen LogP) is 6.34. The van der Waals surface area contributed by atoms with E-state index in [4.69, 9.17) is 13.9 Å². The van der Waals surface area contributed by atoms with Crippen LogP contribution in [-0.4, -0.2) is 20.7 Å². The molecule has 0 aliphatic carbocycles. The van der Waals surface area contributed by atoms with E-state index in [0.29, 0.717) is 29.0 Å². The van der Waals surface area contributed by atoms with Gasteiger partial charge in [0.1, 0.15) is 25.0 Å². The Bertz CT molecular complexity index is 2020. The maximum absolute atomic E-state index is 14.1. The Morgan fingerprint density at radius 2 is 1.58 bits per heavy atom. The van der Waals surface area contributed by atoms with E-state index in [-0.39, 0.29) is 53.6 Å². The smallest absolute Gasteiger partial charge is 0.235 e. The summed E-state index contributed by atoms with van der Waals surface area (Å²) in [4.78, 5) is 14.1. The summed E-state index contributed by atoms with van der Waals surface area (Å²) in [5.74, 6) is 0.470. The summed E-state index contributed by atoms with van der Waals surface area (Å²) in [5, 5.41) is 10.2. The minimum absolute atomic E-state index is 0.0216. The van der Waals surface area contributed by atoms with E-state index >= 15 is 0 Å². The lowest BCUT2D eigenvalue weighted by molar-refractivity contribution is 0.297. The second kappa shape index (κ2) is 11.7. The lowest BCUT2D eigenvalue weighted by Gasteiger charge is -2.20. The molecule has 6 rings (SSSR count). The molecule has 0 spiro atoms. The van der Waals surface area contributed by atoms with Crippen LogP contribution in [0.1, 0.15) is 28.7 Å². The molecular formula is C34H28N2O6S. The van der Waals surface area contributed by atoms with Crippen LogP contribution in [0.5, 0.6) is 11.5 Å². The van der Waals surface area contributed by atoms with Crippen molar-refractivity contribution in [2.75, 3.05) is 16.6 Å². The quantitative estimate of drug-likeness (QED) is 0.207. The standard InChI is InChI=1S/C34H28N2O6S/c1-23-17-28-31(37)34(41-22-25-11-6-3-7-12-25)32(42-33(28)29(18-23)36-15-8-16-43(36,38)39)26-13-14-30(27(19-26)20-35)40-21-24-9-4-2-5-10-24/h2-7,9-14,17-19H,8,15-16,21-22H2,1H3. The first-order valence-electron chi connectivity index (χ1n) is 13.8. The third-order valence-corrected chi connectivity index (χ3v) is 9.12. The first-order chi connectivity index (χ1) is 20.8. The van der Waals surface area contributed by atoms with Crippen LogP contribution >= 0.6 is 0 Å². The van der Waals surface area contributed by atoms with Crippen molar-refractivity contribution < 1.29 is 22.3 Å². The van der Waals surface area contributed by atoms with Gasteiger partial charge >= 0.3 is 0 Å². The number of rotatable bonds is 8. The molecule has 1 aromatic heterocycles. The number of nitriles is 1. The highest BCUT2D eigenvalue weighted by Gasteiger charge is 2.32. The second-order valence-corrected chi connectivity index (χ2v) is 12.4. The fraction of sp³-hybridized carbons (Fsp3) is 0.176. The first kappa shape index (κ1) is 28.1. The van der Waals surface area contributed by atoms with Gasteiger partial charge in [0.2, 0.25) is 21.2 Å². The lowest BCUT2D eigenvalue weighted by atomic mass is 10.0. The van der Waals surface area contributed by atoms with Crippen molar-refractivity contribution in [2.45, 2.75) is 26.6 Å². The molecule has 0 saturated carbocycles. The van der Waals surface area contributed by atoms with Crippen molar-refractivity contribution in [1.82, 2.24) is 0 Å². The maximum atomic E-state index is 14.1. The summed E-state index contributed by atoms with van der Waals surface area (Å²) >= 11 is 0. The van der Waals surface area contributed by atoms with Gasteiger partial charge in [-0.15, -0.1) is 0 Å². The second-order valence-electron chi connectivity index (χ2n) is 10.4. The number of anilines is 1. The van der Waals surface area contributed by atoms with Crippen molar-refractivity contribution in [3.05, 3.63) is 123 Å². The summed E-state index contributed by atoms with van der Waals surface area (Å²) < 4.78 is 45.6. The van der Waals surface area contributed by atoms with Crippen LogP contribution in [0.3, 0.4) is 0 Å². The lowest BCUT2D eigenvalue weighted by Crippen LogP contribution is -2.25. The van der Waals surface area contributed by atoms with Gasteiger partial charge in [-0.2, -0.15) is 5.26 Å². The fourth-order valence-electron chi connectivity index (χ4n) is 5.17. The predicted molar refractivity (Wildman–Crippen MR) is 165 cm³/mol. The van der Waals surface area contributed by atoms with Gasteiger partial charge in [-0.25, -0.2) is 8.42 Å². The monoisotopic (exact) mass is 592 g/mol. The number of nitrogens with zero attached hydrogens (tertiary/aromatic N) is 2. The average Bonchev–Trinajstić information content (AvgIpc) is 3.38. The van der Waals surface area contributed by atoms with Crippen LogP contribution in [0.2, 0.25) is 0 Å². The van der Waals surface area contributed by atoms with Gasteiger partial charge in [-0.05, 0) is 60.4 Å². The molecule has 0 bridgehead atoms. The molecule has 0 N–H and O–H groups in total. The molecule has 0 amide bonds. The van der Waals surface area contributed by atoms with E-state index in [1.54, 1.807) is 37.3 Å². The highest BCUT2D eigenvalue weighted by atomic mass is 32.2. The number of hydrogen-bond donors (Lipinski definition) is 0. The van der Waals surface area contributed by atoms with E-state index in [1.165, 1.54) is 4.31 Å². The molecule has 43 heavy (non-hydrogen) atoms. The van der Waals surface area contributed by atoms with Gasteiger partial charge in [0.05, 0.1) is 22.4 Å². The summed E-state index contributed by atoms with van der Waals surface area (Å²) in [6.07, 6.45) is 0.475.